The number of amides is 1. The number of ether oxygens (including phenoxy) is 1. The SMILES string of the molecule is NC(=O)n1cc(C2CCN(S(=O)(=O)CCCN3CCOCC3)CC2)c2cc(Br)ccc21. The number of aromatic nitrogens is 1. The maximum atomic E-state index is 12.8. The van der Waals surface area contributed by atoms with Crippen molar-refractivity contribution < 1.29 is 17.9 Å². The first kappa shape index (κ1) is 22.7. The summed E-state index contributed by atoms with van der Waals surface area (Å²) in [6, 6.07) is 5.25. The Bertz CT molecular complexity index is 1040. The fourth-order valence-electron chi connectivity index (χ4n) is 4.60. The Labute approximate surface area is 191 Å². The van der Waals surface area contributed by atoms with E-state index in [4.69, 9.17) is 10.5 Å². The lowest BCUT2D eigenvalue weighted by Gasteiger charge is -2.31. The van der Waals surface area contributed by atoms with Crippen molar-refractivity contribution in [3.8, 4) is 0 Å². The zero-order valence-electron chi connectivity index (χ0n) is 17.5. The molecule has 2 fully saturated rings. The summed E-state index contributed by atoms with van der Waals surface area (Å²) in [4.78, 5) is 14.1. The summed E-state index contributed by atoms with van der Waals surface area (Å²) in [5.41, 5.74) is 7.39. The van der Waals surface area contributed by atoms with E-state index in [1.54, 1.807) is 4.31 Å². The van der Waals surface area contributed by atoms with Crippen molar-refractivity contribution in [2.75, 3.05) is 51.7 Å². The van der Waals surface area contributed by atoms with Crippen molar-refractivity contribution in [2.24, 2.45) is 5.73 Å². The molecule has 2 saturated heterocycles. The Hall–Kier alpha value is -1.46. The number of hydrogen-bond acceptors (Lipinski definition) is 5. The third-order valence-electron chi connectivity index (χ3n) is 6.30. The van der Waals surface area contributed by atoms with Crippen LogP contribution >= 0.6 is 15.9 Å². The smallest absolute Gasteiger partial charge is 0.323 e. The summed E-state index contributed by atoms with van der Waals surface area (Å²) in [6.45, 7) is 5.00. The minimum atomic E-state index is -3.26. The number of morpholine rings is 1. The molecule has 0 aliphatic carbocycles. The Balaban J connectivity index is 1.39. The molecule has 0 saturated carbocycles. The molecule has 4 rings (SSSR count). The van der Waals surface area contributed by atoms with Crippen LogP contribution in [0.2, 0.25) is 0 Å². The van der Waals surface area contributed by atoms with Gasteiger partial charge in [-0.25, -0.2) is 17.5 Å². The summed E-state index contributed by atoms with van der Waals surface area (Å²) in [5.74, 6) is 0.375. The van der Waals surface area contributed by atoms with Gasteiger partial charge in [0.25, 0.3) is 0 Å². The largest absolute Gasteiger partial charge is 0.379 e. The van der Waals surface area contributed by atoms with Crippen molar-refractivity contribution in [1.82, 2.24) is 13.8 Å². The van der Waals surface area contributed by atoms with E-state index >= 15 is 0 Å². The third-order valence-corrected chi connectivity index (χ3v) is 8.75. The van der Waals surface area contributed by atoms with Crippen LogP contribution in [0, 0.1) is 0 Å². The summed E-state index contributed by atoms with van der Waals surface area (Å²) in [7, 11) is -3.26. The molecule has 10 heteroatoms. The van der Waals surface area contributed by atoms with E-state index in [2.05, 4.69) is 20.8 Å². The maximum absolute atomic E-state index is 12.8. The quantitative estimate of drug-likeness (QED) is 0.641. The van der Waals surface area contributed by atoms with E-state index in [0.29, 0.717) is 19.5 Å². The van der Waals surface area contributed by atoms with Gasteiger partial charge in [-0.2, -0.15) is 0 Å². The Morgan fingerprint density at radius 1 is 1.16 bits per heavy atom. The van der Waals surface area contributed by atoms with Crippen molar-refractivity contribution in [3.63, 3.8) is 0 Å². The Morgan fingerprint density at radius 3 is 2.55 bits per heavy atom. The highest BCUT2D eigenvalue weighted by molar-refractivity contribution is 9.10. The van der Waals surface area contributed by atoms with Gasteiger partial charge >= 0.3 is 6.03 Å². The average Bonchev–Trinajstić information content (AvgIpc) is 3.13. The van der Waals surface area contributed by atoms with Crippen LogP contribution in [0.5, 0.6) is 0 Å². The van der Waals surface area contributed by atoms with Gasteiger partial charge in [0.1, 0.15) is 0 Å². The van der Waals surface area contributed by atoms with Gasteiger partial charge in [-0.3, -0.25) is 9.47 Å². The topological polar surface area (TPSA) is 97.9 Å². The molecule has 31 heavy (non-hydrogen) atoms. The number of piperidine rings is 1. The van der Waals surface area contributed by atoms with Crippen LogP contribution in [0.1, 0.15) is 30.7 Å². The number of fused-ring (bicyclic) bond motifs is 1. The summed E-state index contributed by atoms with van der Waals surface area (Å²) >= 11 is 3.50. The van der Waals surface area contributed by atoms with Gasteiger partial charge in [0.05, 0.1) is 24.5 Å². The molecule has 1 aromatic heterocycles. The average molecular weight is 513 g/mol. The number of hydrogen-bond donors (Lipinski definition) is 1. The first-order chi connectivity index (χ1) is 14.8. The minimum absolute atomic E-state index is 0.183. The van der Waals surface area contributed by atoms with E-state index < -0.39 is 16.1 Å². The van der Waals surface area contributed by atoms with Crippen molar-refractivity contribution in [2.45, 2.75) is 25.2 Å². The van der Waals surface area contributed by atoms with Crippen LogP contribution in [0.4, 0.5) is 4.79 Å². The number of carbonyl (C=O) groups is 1. The zero-order chi connectivity index (χ0) is 22.0. The maximum Gasteiger partial charge on any atom is 0.323 e. The molecule has 0 atom stereocenters. The lowest BCUT2D eigenvalue weighted by atomic mass is 9.90. The molecule has 8 nitrogen and oxygen atoms in total. The minimum Gasteiger partial charge on any atom is -0.379 e. The van der Waals surface area contributed by atoms with Gasteiger partial charge in [-0.05, 0) is 55.5 Å². The highest BCUT2D eigenvalue weighted by Gasteiger charge is 2.30. The number of primary amides is 1. The van der Waals surface area contributed by atoms with Crippen molar-refractivity contribution in [1.29, 1.82) is 0 Å². The number of sulfonamides is 1. The number of nitrogens with zero attached hydrogens (tertiary/aromatic N) is 3. The molecule has 2 N–H and O–H groups in total. The first-order valence-electron chi connectivity index (χ1n) is 10.7. The number of carbonyl (C=O) groups excluding carboxylic acids is 1. The molecule has 1 aromatic carbocycles. The highest BCUT2D eigenvalue weighted by Crippen LogP contribution is 2.36. The van der Waals surface area contributed by atoms with Crippen LogP contribution in [-0.2, 0) is 14.8 Å². The molecule has 0 bridgehead atoms. The number of halogens is 1. The molecule has 0 radical (unpaired) electrons. The fourth-order valence-corrected chi connectivity index (χ4v) is 6.49. The van der Waals surface area contributed by atoms with Gasteiger partial charge in [0.2, 0.25) is 10.0 Å². The molecule has 170 valence electrons. The monoisotopic (exact) mass is 512 g/mol. The van der Waals surface area contributed by atoms with Crippen LogP contribution in [0.15, 0.2) is 28.9 Å². The highest BCUT2D eigenvalue weighted by atomic mass is 79.9. The van der Waals surface area contributed by atoms with Gasteiger partial charge < -0.3 is 10.5 Å². The number of benzene rings is 1. The normalized spacial score (nSPS) is 19.8. The van der Waals surface area contributed by atoms with Gasteiger partial charge in [0, 0.05) is 42.2 Å². The van der Waals surface area contributed by atoms with Gasteiger partial charge in [0.15, 0.2) is 0 Å². The van der Waals surface area contributed by atoms with Crippen molar-refractivity contribution >= 4 is 42.9 Å². The van der Waals surface area contributed by atoms with Crippen molar-refractivity contribution in [3.05, 3.63) is 34.4 Å². The molecule has 3 heterocycles. The Morgan fingerprint density at radius 2 is 1.87 bits per heavy atom. The third kappa shape index (κ3) is 5.14. The van der Waals surface area contributed by atoms with E-state index in [1.165, 1.54) is 4.57 Å². The fraction of sp³-hybridized carbons (Fsp3) is 0.571. The lowest BCUT2D eigenvalue weighted by Crippen LogP contribution is -2.41. The second kappa shape index (κ2) is 9.58. The summed E-state index contributed by atoms with van der Waals surface area (Å²) < 4.78 is 35.0. The second-order valence-corrected chi connectivity index (χ2v) is 11.3. The Kier molecular flexibility index (Phi) is 7.02. The van der Waals surface area contributed by atoms with Crippen LogP contribution in [0.25, 0.3) is 10.9 Å². The molecule has 1 amide bonds. The molecular formula is C21H29BrN4O4S. The van der Waals surface area contributed by atoms with E-state index in [9.17, 15) is 13.2 Å². The predicted octanol–water partition coefficient (Wildman–Crippen LogP) is 2.56. The lowest BCUT2D eigenvalue weighted by molar-refractivity contribution is 0.0380. The summed E-state index contributed by atoms with van der Waals surface area (Å²) in [6.07, 6.45) is 3.92. The number of rotatable bonds is 6. The molecule has 2 aliphatic rings. The second-order valence-electron chi connectivity index (χ2n) is 8.25. The first-order valence-corrected chi connectivity index (χ1v) is 13.1. The molecule has 2 aliphatic heterocycles. The molecule has 2 aromatic rings. The zero-order valence-corrected chi connectivity index (χ0v) is 19.9. The molecule has 0 spiro atoms. The molecule has 0 unspecified atom stereocenters. The van der Waals surface area contributed by atoms with E-state index in [0.717, 1.165) is 66.6 Å². The van der Waals surface area contributed by atoms with Crippen LogP contribution in [-0.4, -0.2) is 79.9 Å². The van der Waals surface area contributed by atoms with Crippen LogP contribution in [0.3, 0.4) is 0 Å². The standard InChI is InChI=1S/C21H29BrN4O4S/c22-17-2-3-20-18(14-17)19(15-26(20)21(23)27)16-4-7-25(8-5-16)31(28,29)13-1-6-24-9-11-30-12-10-24/h2-3,14-16H,1,4-13H2,(H2,23,27). The van der Waals surface area contributed by atoms with E-state index in [1.807, 2.05) is 24.4 Å². The van der Waals surface area contributed by atoms with Gasteiger partial charge in [-0.15, -0.1) is 0 Å². The van der Waals surface area contributed by atoms with E-state index in [-0.39, 0.29) is 11.7 Å². The summed E-state index contributed by atoms with van der Waals surface area (Å²) in [5, 5.41) is 0.986. The van der Waals surface area contributed by atoms with Crippen LogP contribution < -0.4 is 5.73 Å². The molecular weight excluding hydrogens is 484 g/mol. The number of nitrogens with two attached hydrogens (primary N) is 1. The predicted molar refractivity (Wildman–Crippen MR) is 124 cm³/mol. The van der Waals surface area contributed by atoms with Gasteiger partial charge in [-0.1, -0.05) is 15.9 Å².